The van der Waals surface area contributed by atoms with Crippen molar-refractivity contribution in [1.29, 1.82) is 0 Å². The quantitative estimate of drug-likeness (QED) is 0.280. The number of carbonyl (C=O) groups excluding carboxylic acids is 3. The van der Waals surface area contributed by atoms with Gasteiger partial charge < -0.3 is 20.0 Å². The summed E-state index contributed by atoms with van der Waals surface area (Å²) in [6.45, 7) is 2.75. The molecule has 7 nitrogen and oxygen atoms in total. The van der Waals surface area contributed by atoms with Gasteiger partial charge in [-0.25, -0.2) is 0 Å². The molecule has 1 aliphatic heterocycles. The fraction of sp³-hybridized carbons (Fsp3) is 0.194. The highest BCUT2D eigenvalue weighted by Crippen LogP contribution is 2.30. The highest BCUT2D eigenvalue weighted by molar-refractivity contribution is 6.30. The van der Waals surface area contributed by atoms with E-state index in [9.17, 15) is 14.4 Å². The van der Waals surface area contributed by atoms with Gasteiger partial charge in [0, 0.05) is 47.5 Å². The normalized spacial score (nSPS) is 13.6. The molecule has 1 fully saturated rings. The number of anilines is 2. The summed E-state index contributed by atoms with van der Waals surface area (Å²) >= 11 is 5.94. The van der Waals surface area contributed by atoms with Crippen molar-refractivity contribution in [3.8, 4) is 11.3 Å². The number of likely N-dealkylation sites (tertiary alicyclic amines) is 1. The maximum absolute atomic E-state index is 13.0. The molecule has 3 aromatic carbocycles. The number of carbonyl (C=O) groups is 3. The third kappa shape index (κ3) is 6.38. The van der Waals surface area contributed by atoms with E-state index < -0.39 is 0 Å². The van der Waals surface area contributed by atoms with Gasteiger partial charge in [0.05, 0.1) is 0 Å². The van der Waals surface area contributed by atoms with Crippen LogP contribution in [0.25, 0.3) is 11.3 Å². The standard InChI is InChI=1S/C31H28ClN3O4/c1-20(36)33-27-4-2-3-24(19-27)31(38)35-17-15-22(16-18-35)21-7-11-26(12-8-21)34-30(37)29-14-13-28(39-29)23-5-9-25(32)10-6-23/h2-14,19,22H,15-18H2,1H3,(H,33,36)(H,34,37). The Morgan fingerprint density at radius 1 is 0.846 bits per heavy atom. The molecule has 2 heterocycles. The molecule has 0 bridgehead atoms. The van der Waals surface area contributed by atoms with Crippen molar-refractivity contribution in [3.05, 3.63) is 107 Å². The van der Waals surface area contributed by atoms with Crippen LogP contribution in [-0.2, 0) is 4.79 Å². The van der Waals surface area contributed by atoms with E-state index in [1.807, 2.05) is 41.3 Å². The van der Waals surface area contributed by atoms with Gasteiger partial charge in [-0.15, -0.1) is 0 Å². The predicted octanol–water partition coefficient (Wildman–Crippen LogP) is 6.83. The third-order valence-electron chi connectivity index (χ3n) is 6.81. The van der Waals surface area contributed by atoms with E-state index in [2.05, 4.69) is 10.6 Å². The van der Waals surface area contributed by atoms with Crippen LogP contribution in [0.15, 0.2) is 89.3 Å². The molecule has 1 aromatic heterocycles. The first kappa shape index (κ1) is 26.3. The van der Waals surface area contributed by atoms with Crippen LogP contribution in [0.4, 0.5) is 11.4 Å². The topological polar surface area (TPSA) is 91.7 Å². The Balaban J connectivity index is 1.15. The number of halogens is 1. The monoisotopic (exact) mass is 541 g/mol. The van der Waals surface area contributed by atoms with Crippen molar-refractivity contribution in [2.45, 2.75) is 25.7 Å². The van der Waals surface area contributed by atoms with Crippen molar-refractivity contribution in [1.82, 2.24) is 4.90 Å². The summed E-state index contributed by atoms with van der Waals surface area (Å²) in [5.74, 6) is 0.626. The fourth-order valence-electron chi connectivity index (χ4n) is 4.79. The lowest BCUT2D eigenvalue weighted by atomic mass is 9.89. The van der Waals surface area contributed by atoms with E-state index in [0.717, 1.165) is 18.4 Å². The van der Waals surface area contributed by atoms with Gasteiger partial charge in [0.25, 0.3) is 11.8 Å². The molecule has 198 valence electrons. The Morgan fingerprint density at radius 2 is 1.56 bits per heavy atom. The summed E-state index contributed by atoms with van der Waals surface area (Å²) in [4.78, 5) is 38.9. The number of nitrogens with one attached hydrogen (secondary N) is 2. The molecule has 8 heteroatoms. The number of piperidine rings is 1. The molecule has 0 saturated carbocycles. The van der Waals surface area contributed by atoms with Crippen molar-refractivity contribution in [3.63, 3.8) is 0 Å². The lowest BCUT2D eigenvalue weighted by Gasteiger charge is -2.32. The van der Waals surface area contributed by atoms with Gasteiger partial charge in [-0.05, 0) is 91.1 Å². The average molecular weight is 542 g/mol. The van der Waals surface area contributed by atoms with Gasteiger partial charge in [0.2, 0.25) is 5.91 Å². The second kappa shape index (κ2) is 11.6. The first-order valence-electron chi connectivity index (χ1n) is 12.8. The minimum Gasteiger partial charge on any atom is -0.451 e. The Hall–Kier alpha value is -4.36. The number of rotatable bonds is 6. The first-order chi connectivity index (χ1) is 18.9. The molecule has 2 N–H and O–H groups in total. The molecule has 0 aliphatic carbocycles. The number of furan rings is 1. The SMILES string of the molecule is CC(=O)Nc1cccc(C(=O)N2CCC(c3ccc(NC(=O)c4ccc(-c5ccc(Cl)cc5)o4)cc3)CC2)c1. The second-order valence-corrected chi connectivity index (χ2v) is 10.0. The van der Waals surface area contributed by atoms with Crippen LogP contribution < -0.4 is 10.6 Å². The molecule has 39 heavy (non-hydrogen) atoms. The Kier molecular flexibility index (Phi) is 7.79. The van der Waals surface area contributed by atoms with Crippen molar-refractivity contribution < 1.29 is 18.8 Å². The predicted molar refractivity (Wildman–Crippen MR) is 152 cm³/mol. The molecule has 3 amide bonds. The molecule has 0 spiro atoms. The van der Waals surface area contributed by atoms with Crippen LogP contribution in [0.2, 0.25) is 5.02 Å². The molecular formula is C31H28ClN3O4. The van der Waals surface area contributed by atoms with Crippen molar-refractivity contribution >= 4 is 40.7 Å². The molecule has 4 aromatic rings. The highest BCUT2D eigenvalue weighted by Gasteiger charge is 2.25. The van der Waals surface area contributed by atoms with Gasteiger partial charge in [-0.1, -0.05) is 29.8 Å². The highest BCUT2D eigenvalue weighted by atomic mass is 35.5. The van der Waals surface area contributed by atoms with Crippen LogP contribution in [0.5, 0.6) is 0 Å². The summed E-state index contributed by atoms with van der Waals surface area (Å²) < 4.78 is 5.74. The van der Waals surface area contributed by atoms with Gasteiger partial charge in [0.1, 0.15) is 5.76 Å². The number of amides is 3. The van der Waals surface area contributed by atoms with E-state index in [0.29, 0.717) is 46.7 Å². The molecule has 5 rings (SSSR count). The minimum atomic E-state index is -0.322. The number of hydrogen-bond donors (Lipinski definition) is 2. The van der Waals surface area contributed by atoms with Crippen molar-refractivity contribution in [2.75, 3.05) is 23.7 Å². The summed E-state index contributed by atoms with van der Waals surface area (Å²) in [7, 11) is 0. The van der Waals surface area contributed by atoms with E-state index >= 15 is 0 Å². The molecular weight excluding hydrogens is 514 g/mol. The fourth-order valence-corrected chi connectivity index (χ4v) is 4.92. The second-order valence-electron chi connectivity index (χ2n) is 9.58. The van der Waals surface area contributed by atoms with Crippen LogP contribution >= 0.6 is 11.6 Å². The van der Waals surface area contributed by atoms with Gasteiger partial charge in [-0.3, -0.25) is 14.4 Å². The lowest BCUT2D eigenvalue weighted by molar-refractivity contribution is -0.114. The van der Waals surface area contributed by atoms with Crippen molar-refractivity contribution in [2.24, 2.45) is 0 Å². The summed E-state index contributed by atoms with van der Waals surface area (Å²) in [6, 6.07) is 25.5. The maximum Gasteiger partial charge on any atom is 0.291 e. The Labute approximate surface area is 231 Å². The van der Waals surface area contributed by atoms with Crippen LogP contribution in [0, 0.1) is 0 Å². The van der Waals surface area contributed by atoms with E-state index in [-0.39, 0.29) is 23.5 Å². The summed E-state index contributed by atoms with van der Waals surface area (Å²) in [5.41, 5.74) is 3.88. The smallest absolute Gasteiger partial charge is 0.291 e. The largest absolute Gasteiger partial charge is 0.451 e. The van der Waals surface area contributed by atoms with Gasteiger partial charge >= 0.3 is 0 Å². The number of benzene rings is 3. The van der Waals surface area contributed by atoms with Gasteiger partial charge in [-0.2, -0.15) is 0 Å². The zero-order valence-electron chi connectivity index (χ0n) is 21.4. The zero-order chi connectivity index (χ0) is 27.4. The Bertz CT molecular complexity index is 1490. The molecule has 0 radical (unpaired) electrons. The van der Waals surface area contributed by atoms with E-state index in [1.165, 1.54) is 12.5 Å². The number of hydrogen-bond acceptors (Lipinski definition) is 4. The minimum absolute atomic E-state index is 0.0316. The van der Waals surface area contributed by atoms with Gasteiger partial charge in [0.15, 0.2) is 5.76 Å². The zero-order valence-corrected chi connectivity index (χ0v) is 22.2. The average Bonchev–Trinajstić information content (AvgIpc) is 3.44. The van der Waals surface area contributed by atoms with Crippen LogP contribution in [0.3, 0.4) is 0 Å². The summed E-state index contributed by atoms with van der Waals surface area (Å²) in [5, 5.41) is 6.24. The number of nitrogens with zero attached hydrogens (tertiary/aromatic N) is 1. The van der Waals surface area contributed by atoms with E-state index in [4.69, 9.17) is 16.0 Å². The lowest BCUT2D eigenvalue weighted by Crippen LogP contribution is -2.37. The molecule has 1 aliphatic rings. The maximum atomic E-state index is 13.0. The van der Waals surface area contributed by atoms with Crippen LogP contribution in [0.1, 0.15) is 52.2 Å². The third-order valence-corrected chi connectivity index (χ3v) is 7.06. The molecule has 0 unspecified atom stereocenters. The summed E-state index contributed by atoms with van der Waals surface area (Å²) in [6.07, 6.45) is 1.70. The molecule has 0 atom stereocenters. The Morgan fingerprint density at radius 3 is 2.26 bits per heavy atom. The van der Waals surface area contributed by atoms with E-state index in [1.54, 1.807) is 48.5 Å². The first-order valence-corrected chi connectivity index (χ1v) is 13.2. The molecule has 1 saturated heterocycles. The van der Waals surface area contributed by atoms with Crippen LogP contribution in [-0.4, -0.2) is 35.7 Å².